The van der Waals surface area contributed by atoms with Crippen molar-refractivity contribution in [1.29, 1.82) is 0 Å². The molecule has 0 saturated carbocycles. The van der Waals surface area contributed by atoms with Gasteiger partial charge in [0.2, 0.25) is 0 Å². The number of aryl methyl sites for hydroxylation is 1. The van der Waals surface area contributed by atoms with Gasteiger partial charge >= 0.3 is 0 Å². The highest BCUT2D eigenvalue weighted by Gasteiger charge is 2.24. The summed E-state index contributed by atoms with van der Waals surface area (Å²) in [5.41, 5.74) is 1.50. The number of hydrogen-bond donors (Lipinski definition) is 0. The molecule has 0 spiro atoms. The van der Waals surface area contributed by atoms with Gasteiger partial charge in [-0.1, -0.05) is 12.1 Å². The number of benzene rings is 1. The van der Waals surface area contributed by atoms with Gasteiger partial charge in [-0.15, -0.1) is 0 Å². The van der Waals surface area contributed by atoms with E-state index in [0.717, 1.165) is 69.7 Å². The van der Waals surface area contributed by atoms with Gasteiger partial charge in [0.15, 0.2) is 0 Å². The first-order chi connectivity index (χ1) is 14.2. The maximum Gasteiger partial charge on any atom is 0.274 e. The van der Waals surface area contributed by atoms with Crippen molar-refractivity contribution < 1.29 is 9.18 Å². The predicted molar refractivity (Wildman–Crippen MR) is 111 cm³/mol. The molecule has 2 aromatic rings. The molecule has 1 aromatic heterocycles. The largest absolute Gasteiger partial charge is 0.355 e. The Bertz CT molecular complexity index is 837. The van der Waals surface area contributed by atoms with Crippen LogP contribution in [-0.2, 0) is 6.42 Å². The average Bonchev–Trinajstić information content (AvgIpc) is 2.78. The van der Waals surface area contributed by atoms with Gasteiger partial charge in [0.1, 0.15) is 17.3 Å². The Balaban J connectivity index is 1.38. The number of rotatable bonds is 5. The number of anilines is 1. The van der Waals surface area contributed by atoms with Crippen molar-refractivity contribution in [2.24, 2.45) is 5.92 Å². The Morgan fingerprint density at radius 1 is 1.10 bits per heavy atom. The lowest BCUT2D eigenvalue weighted by Gasteiger charge is -2.34. The zero-order valence-corrected chi connectivity index (χ0v) is 16.9. The first-order valence-corrected chi connectivity index (χ1v) is 10.8. The molecule has 1 atom stereocenters. The van der Waals surface area contributed by atoms with Crippen molar-refractivity contribution in [2.45, 2.75) is 44.9 Å². The fraction of sp³-hybridized carbons (Fsp3) is 0.522. The molecule has 2 fully saturated rings. The molecule has 0 unspecified atom stereocenters. The Hall–Kier alpha value is -2.50. The summed E-state index contributed by atoms with van der Waals surface area (Å²) >= 11 is 0. The van der Waals surface area contributed by atoms with Crippen LogP contribution in [-0.4, -0.2) is 47.0 Å². The molecule has 5 nitrogen and oxygen atoms in total. The number of likely N-dealkylation sites (tertiary alicyclic amines) is 1. The third kappa shape index (κ3) is 5.11. The highest BCUT2D eigenvalue weighted by Crippen LogP contribution is 2.25. The third-order valence-corrected chi connectivity index (χ3v) is 6.06. The van der Waals surface area contributed by atoms with E-state index in [0.29, 0.717) is 11.6 Å². The molecule has 154 valence electrons. The van der Waals surface area contributed by atoms with Crippen LogP contribution in [0.5, 0.6) is 0 Å². The molecule has 3 heterocycles. The SMILES string of the molecule is O=C(c1cncc(N2CCC[C@@H](CCc3cccc(F)c3)C2)n1)N1CCCCC1. The zero-order valence-electron chi connectivity index (χ0n) is 16.9. The van der Waals surface area contributed by atoms with Gasteiger partial charge in [-0.2, -0.15) is 0 Å². The van der Waals surface area contributed by atoms with Crippen LogP contribution in [0, 0.1) is 11.7 Å². The number of piperidine rings is 2. The molecule has 2 saturated heterocycles. The van der Waals surface area contributed by atoms with E-state index in [1.165, 1.54) is 18.9 Å². The van der Waals surface area contributed by atoms with Crippen LogP contribution in [0.1, 0.15) is 54.6 Å². The van der Waals surface area contributed by atoms with Crippen LogP contribution in [0.4, 0.5) is 10.2 Å². The summed E-state index contributed by atoms with van der Waals surface area (Å²) in [6.45, 7) is 3.48. The minimum absolute atomic E-state index is 0.00119. The average molecular weight is 397 g/mol. The van der Waals surface area contributed by atoms with Crippen molar-refractivity contribution in [3.8, 4) is 0 Å². The smallest absolute Gasteiger partial charge is 0.274 e. The second kappa shape index (κ2) is 9.33. The van der Waals surface area contributed by atoms with Gasteiger partial charge in [0.25, 0.3) is 5.91 Å². The van der Waals surface area contributed by atoms with Crippen LogP contribution in [0.25, 0.3) is 0 Å². The quantitative estimate of drug-likeness (QED) is 0.764. The number of nitrogens with zero attached hydrogens (tertiary/aromatic N) is 4. The molecule has 0 aliphatic carbocycles. The topological polar surface area (TPSA) is 49.3 Å². The number of carbonyl (C=O) groups excluding carboxylic acids is 1. The minimum Gasteiger partial charge on any atom is -0.355 e. The number of carbonyl (C=O) groups is 1. The second-order valence-electron chi connectivity index (χ2n) is 8.24. The van der Waals surface area contributed by atoms with E-state index >= 15 is 0 Å². The molecule has 1 aromatic carbocycles. The molecule has 6 heteroatoms. The Morgan fingerprint density at radius 2 is 1.97 bits per heavy atom. The van der Waals surface area contributed by atoms with Crippen molar-refractivity contribution in [3.05, 3.63) is 53.7 Å². The Kier molecular flexibility index (Phi) is 6.37. The van der Waals surface area contributed by atoms with Gasteiger partial charge < -0.3 is 9.80 Å². The highest BCUT2D eigenvalue weighted by molar-refractivity contribution is 5.92. The molecule has 0 N–H and O–H groups in total. The number of hydrogen-bond acceptors (Lipinski definition) is 4. The molecule has 2 aliphatic rings. The summed E-state index contributed by atoms with van der Waals surface area (Å²) in [6.07, 6.45) is 10.9. The van der Waals surface area contributed by atoms with E-state index in [9.17, 15) is 9.18 Å². The van der Waals surface area contributed by atoms with Crippen molar-refractivity contribution in [3.63, 3.8) is 0 Å². The third-order valence-electron chi connectivity index (χ3n) is 6.06. The van der Waals surface area contributed by atoms with Gasteiger partial charge in [-0.25, -0.2) is 9.37 Å². The van der Waals surface area contributed by atoms with E-state index in [1.54, 1.807) is 24.5 Å². The van der Waals surface area contributed by atoms with Gasteiger partial charge in [0.05, 0.1) is 12.4 Å². The first kappa shape index (κ1) is 19.8. The summed E-state index contributed by atoms with van der Waals surface area (Å²) in [5, 5.41) is 0. The van der Waals surface area contributed by atoms with Crippen molar-refractivity contribution in [2.75, 3.05) is 31.1 Å². The maximum atomic E-state index is 13.4. The van der Waals surface area contributed by atoms with E-state index in [1.807, 2.05) is 11.0 Å². The summed E-state index contributed by atoms with van der Waals surface area (Å²) in [6, 6.07) is 6.88. The Morgan fingerprint density at radius 3 is 2.79 bits per heavy atom. The molecule has 4 rings (SSSR count). The lowest BCUT2D eigenvalue weighted by Crippen LogP contribution is -2.38. The molecular formula is C23H29FN4O. The molecular weight excluding hydrogens is 367 g/mol. The van der Waals surface area contributed by atoms with Crippen molar-refractivity contribution >= 4 is 11.7 Å². The zero-order chi connectivity index (χ0) is 20.1. The van der Waals surface area contributed by atoms with Crippen LogP contribution in [0.3, 0.4) is 0 Å². The van der Waals surface area contributed by atoms with Crippen LogP contribution >= 0.6 is 0 Å². The fourth-order valence-corrected chi connectivity index (χ4v) is 4.44. The van der Waals surface area contributed by atoms with Gasteiger partial charge in [0, 0.05) is 26.2 Å². The van der Waals surface area contributed by atoms with Crippen LogP contribution < -0.4 is 4.90 Å². The monoisotopic (exact) mass is 396 g/mol. The molecule has 0 bridgehead atoms. The van der Waals surface area contributed by atoms with E-state index in [4.69, 9.17) is 0 Å². The number of halogens is 1. The molecule has 2 aliphatic heterocycles. The van der Waals surface area contributed by atoms with Crippen LogP contribution in [0.15, 0.2) is 36.7 Å². The lowest BCUT2D eigenvalue weighted by atomic mass is 9.91. The maximum absolute atomic E-state index is 13.4. The van der Waals surface area contributed by atoms with E-state index in [2.05, 4.69) is 14.9 Å². The molecule has 0 radical (unpaired) electrons. The fourth-order valence-electron chi connectivity index (χ4n) is 4.44. The van der Waals surface area contributed by atoms with Gasteiger partial charge in [-0.05, 0) is 68.6 Å². The second-order valence-corrected chi connectivity index (χ2v) is 8.24. The molecule has 1 amide bonds. The van der Waals surface area contributed by atoms with Gasteiger partial charge in [-0.3, -0.25) is 9.78 Å². The predicted octanol–water partition coefficient (Wildman–Crippen LogP) is 4.09. The molecule has 29 heavy (non-hydrogen) atoms. The summed E-state index contributed by atoms with van der Waals surface area (Å²) < 4.78 is 13.4. The van der Waals surface area contributed by atoms with E-state index in [-0.39, 0.29) is 11.7 Å². The normalized spacial score (nSPS) is 20.0. The number of amides is 1. The number of aromatic nitrogens is 2. The highest BCUT2D eigenvalue weighted by atomic mass is 19.1. The standard InChI is InChI=1S/C23H29FN4O/c24-20-8-4-6-18(14-20)9-10-19-7-5-13-28(17-19)22-16-25-15-21(26-22)23(29)27-11-2-1-3-12-27/h4,6,8,14-16,19H,1-3,5,7,9-13,17H2/t19-/m0/s1. The van der Waals surface area contributed by atoms with E-state index < -0.39 is 0 Å². The Labute approximate surface area is 172 Å². The minimum atomic E-state index is -0.168. The summed E-state index contributed by atoms with van der Waals surface area (Å²) in [4.78, 5) is 25.9. The summed E-state index contributed by atoms with van der Waals surface area (Å²) in [7, 11) is 0. The lowest BCUT2D eigenvalue weighted by molar-refractivity contribution is 0.0718. The first-order valence-electron chi connectivity index (χ1n) is 10.8. The van der Waals surface area contributed by atoms with Crippen molar-refractivity contribution in [1.82, 2.24) is 14.9 Å². The summed E-state index contributed by atoms with van der Waals surface area (Å²) in [5.74, 6) is 1.16. The van der Waals surface area contributed by atoms with Crippen LogP contribution in [0.2, 0.25) is 0 Å².